The minimum Gasteiger partial charge on any atom is -0.481 e. The fraction of sp³-hybridized carbons (Fsp3) is 0.316. The second-order valence-electron chi connectivity index (χ2n) is 6.44. The molecule has 3 nitrogen and oxygen atoms in total. The highest BCUT2D eigenvalue weighted by Crippen LogP contribution is 2.60. The van der Waals surface area contributed by atoms with E-state index in [9.17, 15) is 9.90 Å². The van der Waals surface area contributed by atoms with Gasteiger partial charge in [0.15, 0.2) is 0 Å². The fourth-order valence-electron chi connectivity index (χ4n) is 3.98. The third-order valence-electron chi connectivity index (χ3n) is 4.97. The first-order valence-electron chi connectivity index (χ1n) is 7.63. The van der Waals surface area contributed by atoms with Crippen molar-refractivity contribution in [2.45, 2.75) is 24.7 Å². The molecule has 1 fully saturated rings. The van der Waals surface area contributed by atoms with E-state index in [4.69, 9.17) is 5.73 Å². The first-order valence-corrected chi connectivity index (χ1v) is 7.63. The van der Waals surface area contributed by atoms with Gasteiger partial charge >= 0.3 is 5.97 Å². The van der Waals surface area contributed by atoms with Crippen molar-refractivity contribution in [3.05, 3.63) is 71.8 Å². The number of carboxylic acids is 1. The fourth-order valence-corrected chi connectivity index (χ4v) is 3.98. The molecule has 22 heavy (non-hydrogen) atoms. The summed E-state index contributed by atoms with van der Waals surface area (Å²) in [6.45, 7) is 0.417. The maximum atomic E-state index is 11.2. The first kappa shape index (κ1) is 14.8. The number of nitrogens with two attached hydrogens (primary N) is 1. The Balaban J connectivity index is 2.00. The molecular formula is C19H21NO2. The summed E-state index contributed by atoms with van der Waals surface area (Å²) >= 11 is 0. The Hall–Kier alpha value is -2.13. The molecule has 0 saturated heterocycles. The third-order valence-corrected chi connectivity index (χ3v) is 4.97. The predicted molar refractivity (Wildman–Crippen MR) is 86.6 cm³/mol. The van der Waals surface area contributed by atoms with Crippen LogP contribution < -0.4 is 5.73 Å². The number of aliphatic carboxylic acids is 1. The van der Waals surface area contributed by atoms with Gasteiger partial charge < -0.3 is 10.8 Å². The van der Waals surface area contributed by atoms with Crippen molar-refractivity contribution in [2.75, 3.05) is 6.54 Å². The Morgan fingerprint density at radius 2 is 1.41 bits per heavy atom. The lowest BCUT2D eigenvalue weighted by molar-refractivity contribution is -0.142. The van der Waals surface area contributed by atoms with Gasteiger partial charge in [0, 0.05) is 5.41 Å². The third kappa shape index (κ3) is 2.42. The topological polar surface area (TPSA) is 63.3 Å². The monoisotopic (exact) mass is 295 g/mol. The molecule has 0 heterocycles. The maximum Gasteiger partial charge on any atom is 0.303 e. The Bertz CT molecular complexity index is 604. The van der Waals surface area contributed by atoms with Crippen LogP contribution in [-0.4, -0.2) is 17.6 Å². The lowest BCUT2D eigenvalue weighted by Crippen LogP contribution is -2.54. The van der Waals surface area contributed by atoms with E-state index in [1.165, 1.54) is 11.1 Å². The van der Waals surface area contributed by atoms with Crippen LogP contribution in [-0.2, 0) is 10.2 Å². The second-order valence-corrected chi connectivity index (χ2v) is 6.44. The number of hydrogen-bond donors (Lipinski definition) is 2. The van der Waals surface area contributed by atoms with Crippen molar-refractivity contribution < 1.29 is 9.90 Å². The lowest BCUT2D eigenvalue weighted by atomic mass is 9.47. The zero-order valence-electron chi connectivity index (χ0n) is 12.5. The largest absolute Gasteiger partial charge is 0.481 e. The van der Waals surface area contributed by atoms with Crippen LogP contribution >= 0.6 is 0 Å². The van der Waals surface area contributed by atoms with Crippen molar-refractivity contribution in [2.24, 2.45) is 11.1 Å². The molecule has 1 saturated carbocycles. The molecule has 1 aliphatic carbocycles. The molecule has 3 heteroatoms. The smallest absolute Gasteiger partial charge is 0.303 e. The number of benzene rings is 2. The van der Waals surface area contributed by atoms with Crippen molar-refractivity contribution in [3.63, 3.8) is 0 Å². The Morgan fingerprint density at radius 3 is 1.77 bits per heavy atom. The molecule has 3 N–H and O–H groups in total. The van der Waals surface area contributed by atoms with Gasteiger partial charge in [-0.2, -0.15) is 0 Å². The van der Waals surface area contributed by atoms with E-state index < -0.39 is 5.97 Å². The number of carbonyl (C=O) groups is 1. The van der Waals surface area contributed by atoms with Crippen LogP contribution in [0.4, 0.5) is 0 Å². The molecule has 3 rings (SSSR count). The summed E-state index contributed by atoms with van der Waals surface area (Å²) in [5.41, 5.74) is 8.02. The van der Waals surface area contributed by atoms with E-state index in [0.717, 1.165) is 12.8 Å². The molecule has 0 amide bonds. The van der Waals surface area contributed by atoms with Gasteiger partial charge in [-0.3, -0.25) is 4.79 Å². The minimum absolute atomic E-state index is 0.114. The first-order chi connectivity index (χ1) is 10.6. The highest BCUT2D eigenvalue weighted by molar-refractivity contribution is 5.68. The molecule has 0 atom stereocenters. The molecular weight excluding hydrogens is 274 g/mol. The van der Waals surface area contributed by atoms with E-state index >= 15 is 0 Å². The van der Waals surface area contributed by atoms with Gasteiger partial charge in [0.1, 0.15) is 0 Å². The van der Waals surface area contributed by atoms with Gasteiger partial charge in [-0.05, 0) is 35.9 Å². The van der Waals surface area contributed by atoms with Gasteiger partial charge in [0.05, 0.1) is 6.42 Å². The van der Waals surface area contributed by atoms with Gasteiger partial charge in [-0.25, -0.2) is 0 Å². The Morgan fingerprint density at radius 1 is 0.955 bits per heavy atom. The predicted octanol–water partition coefficient (Wildman–Crippen LogP) is 3.19. The summed E-state index contributed by atoms with van der Waals surface area (Å²) in [5, 5.41) is 9.20. The van der Waals surface area contributed by atoms with E-state index in [-0.39, 0.29) is 17.3 Å². The van der Waals surface area contributed by atoms with Crippen LogP contribution in [0.5, 0.6) is 0 Å². The summed E-state index contributed by atoms with van der Waals surface area (Å²) in [6.07, 6.45) is 1.72. The summed E-state index contributed by atoms with van der Waals surface area (Å²) in [7, 11) is 0. The SMILES string of the molecule is NCC1(CC(=O)O)CC(c2ccccc2)(c2ccccc2)C1. The summed E-state index contributed by atoms with van der Waals surface area (Å²) in [4.78, 5) is 11.2. The Kier molecular flexibility index (Phi) is 3.75. The van der Waals surface area contributed by atoms with Gasteiger partial charge in [0.2, 0.25) is 0 Å². The van der Waals surface area contributed by atoms with E-state index in [1.54, 1.807) is 0 Å². The molecule has 0 unspecified atom stereocenters. The van der Waals surface area contributed by atoms with Crippen LogP contribution in [0, 0.1) is 5.41 Å². The van der Waals surface area contributed by atoms with E-state index in [2.05, 4.69) is 24.3 Å². The molecule has 0 bridgehead atoms. The minimum atomic E-state index is -0.764. The summed E-state index contributed by atoms with van der Waals surface area (Å²) < 4.78 is 0. The van der Waals surface area contributed by atoms with Gasteiger partial charge in [-0.1, -0.05) is 60.7 Å². The lowest BCUT2D eigenvalue weighted by Gasteiger charge is -2.56. The normalized spacial score (nSPS) is 18.4. The summed E-state index contributed by atoms with van der Waals surface area (Å²) in [5.74, 6) is -0.764. The van der Waals surface area contributed by atoms with E-state index in [1.807, 2.05) is 36.4 Å². The average molecular weight is 295 g/mol. The van der Waals surface area contributed by atoms with Crippen LogP contribution in [0.3, 0.4) is 0 Å². The van der Waals surface area contributed by atoms with Crippen LogP contribution in [0.1, 0.15) is 30.4 Å². The van der Waals surface area contributed by atoms with E-state index in [0.29, 0.717) is 6.54 Å². The molecule has 0 radical (unpaired) electrons. The number of carboxylic acid groups (broad SMARTS) is 1. The van der Waals surface area contributed by atoms with Crippen molar-refractivity contribution in [3.8, 4) is 0 Å². The standard InChI is InChI=1S/C19H21NO2/c20-14-18(11-17(21)22)12-19(13-18,15-7-3-1-4-8-15)16-9-5-2-6-10-16/h1-10H,11-14,20H2,(H,21,22). The zero-order chi connectivity index (χ0) is 15.6. The molecule has 1 aliphatic rings. The second kappa shape index (κ2) is 5.58. The molecule has 114 valence electrons. The summed E-state index contributed by atoms with van der Waals surface area (Å²) in [6, 6.07) is 20.7. The Labute approximate surface area is 130 Å². The average Bonchev–Trinajstić information content (AvgIpc) is 2.52. The molecule has 0 spiro atoms. The zero-order valence-corrected chi connectivity index (χ0v) is 12.5. The van der Waals surface area contributed by atoms with Crippen molar-refractivity contribution in [1.29, 1.82) is 0 Å². The van der Waals surface area contributed by atoms with Crippen LogP contribution in [0.25, 0.3) is 0 Å². The molecule has 2 aromatic carbocycles. The van der Waals surface area contributed by atoms with Gasteiger partial charge in [0.25, 0.3) is 0 Å². The van der Waals surface area contributed by atoms with Crippen LogP contribution in [0.2, 0.25) is 0 Å². The van der Waals surface area contributed by atoms with Crippen molar-refractivity contribution in [1.82, 2.24) is 0 Å². The highest BCUT2D eigenvalue weighted by Gasteiger charge is 2.56. The number of rotatable bonds is 5. The molecule has 2 aromatic rings. The maximum absolute atomic E-state index is 11.2. The molecule has 0 aromatic heterocycles. The highest BCUT2D eigenvalue weighted by atomic mass is 16.4. The van der Waals surface area contributed by atoms with Gasteiger partial charge in [-0.15, -0.1) is 0 Å². The van der Waals surface area contributed by atoms with Crippen LogP contribution in [0.15, 0.2) is 60.7 Å². The molecule has 0 aliphatic heterocycles. The van der Waals surface area contributed by atoms with Crippen molar-refractivity contribution >= 4 is 5.97 Å². The quantitative estimate of drug-likeness (QED) is 0.890. The number of hydrogen-bond acceptors (Lipinski definition) is 2.